The first-order valence-corrected chi connectivity index (χ1v) is 6.68. The third-order valence-corrected chi connectivity index (χ3v) is 3.16. The van der Waals surface area contributed by atoms with Crippen LogP contribution in [0.5, 0.6) is 5.75 Å². The van der Waals surface area contributed by atoms with Gasteiger partial charge in [-0.25, -0.2) is 0 Å². The lowest BCUT2D eigenvalue weighted by molar-refractivity contribution is -0.129. The number of carbonyl (C=O) groups is 2. The molecule has 0 aliphatic carbocycles. The Morgan fingerprint density at radius 1 is 1.50 bits per heavy atom. The molecule has 1 aliphatic rings. The van der Waals surface area contributed by atoms with Crippen LogP contribution in [0.1, 0.15) is 12.8 Å². The minimum Gasteiger partial charge on any atom is -0.492 e. The Labute approximate surface area is 117 Å². The van der Waals surface area contributed by atoms with E-state index in [0.717, 1.165) is 0 Å². The summed E-state index contributed by atoms with van der Waals surface area (Å²) in [6.07, 6.45) is 1.02. The van der Waals surface area contributed by atoms with E-state index >= 15 is 0 Å². The van der Waals surface area contributed by atoms with Crippen LogP contribution in [0.4, 0.5) is 5.69 Å². The summed E-state index contributed by atoms with van der Waals surface area (Å²) in [7, 11) is 0. The third kappa shape index (κ3) is 4.15. The fourth-order valence-electron chi connectivity index (χ4n) is 2.05. The quantitative estimate of drug-likeness (QED) is 0.532. The second kappa shape index (κ2) is 6.79. The summed E-state index contributed by atoms with van der Waals surface area (Å²) in [5.74, 6) is 0.518. The Morgan fingerprint density at radius 2 is 2.35 bits per heavy atom. The number of ether oxygens (including phenoxy) is 1. The van der Waals surface area contributed by atoms with Crippen LogP contribution in [0, 0.1) is 5.92 Å². The lowest BCUT2D eigenvalue weighted by atomic mass is 9.98. The van der Waals surface area contributed by atoms with Crippen molar-refractivity contribution >= 4 is 17.5 Å². The predicted octanol–water partition coefficient (Wildman–Crippen LogP) is 0.290. The second-order valence-electron chi connectivity index (χ2n) is 4.75. The van der Waals surface area contributed by atoms with Crippen molar-refractivity contribution < 1.29 is 14.3 Å². The molecule has 1 saturated heterocycles. The standard InChI is InChI=1S/C14H19N3O3/c15-11-2-1-3-12(8-11)20-7-6-16-14(19)10-4-5-13(18)17-9-10/h1-3,8,10H,4-7,9,15H2,(H,16,19)(H,17,18). The van der Waals surface area contributed by atoms with Crippen LogP contribution in [0.15, 0.2) is 24.3 Å². The van der Waals surface area contributed by atoms with Crippen molar-refractivity contribution in [2.75, 3.05) is 25.4 Å². The molecule has 2 rings (SSSR count). The van der Waals surface area contributed by atoms with Gasteiger partial charge in [-0.1, -0.05) is 6.07 Å². The van der Waals surface area contributed by atoms with Gasteiger partial charge in [0.25, 0.3) is 0 Å². The van der Waals surface area contributed by atoms with Gasteiger partial charge in [-0.05, 0) is 18.6 Å². The largest absolute Gasteiger partial charge is 0.492 e. The summed E-state index contributed by atoms with van der Waals surface area (Å²) < 4.78 is 5.48. The number of anilines is 1. The number of nitrogens with one attached hydrogen (secondary N) is 2. The van der Waals surface area contributed by atoms with Gasteiger partial charge in [0.1, 0.15) is 12.4 Å². The van der Waals surface area contributed by atoms with Crippen molar-refractivity contribution in [3.05, 3.63) is 24.3 Å². The molecule has 1 aromatic carbocycles. The van der Waals surface area contributed by atoms with Crippen molar-refractivity contribution in [1.82, 2.24) is 10.6 Å². The molecule has 2 amide bonds. The molecular weight excluding hydrogens is 258 g/mol. The summed E-state index contributed by atoms with van der Waals surface area (Å²) in [6.45, 7) is 1.23. The minimum absolute atomic E-state index is 0.0130. The number of amides is 2. The highest BCUT2D eigenvalue weighted by Gasteiger charge is 2.23. The minimum atomic E-state index is -0.139. The van der Waals surface area contributed by atoms with E-state index < -0.39 is 0 Å². The van der Waals surface area contributed by atoms with Crippen LogP contribution in [0.25, 0.3) is 0 Å². The highest BCUT2D eigenvalue weighted by Crippen LogP contribution is 2.14. The SMILES string of the molecule is Nc1cccc(OCCNC(=O)C2CCC(=O)NC2)c1. The number of hydrogen-bond acceptors (Lipinski definition) is 4. The first kappa shape index (κ1) is 14.2. The van der Waals surface area contributed by atoms with E-state index in [-0.39, 0.29) is 17.7 Å². The molecule has 6 nitrogen and oxygen atoms in total. The number of benzene rings is 1. The van der Waals surface area contributed by atoms with Crippen molar-refractivity contribution in [3.8, 4) is 5.75 Å². The van der Waals surface area contributed by atoms with Crippen LogP contribution < -0.4 is 21.1 Å². The van der Waals surface area contributed by atoms with Crippen LogP contribution in [0.2, 0.25) is 0 Å². The molecule has 108 valence electrons. The Balaban J connectivity index is 1.65. The highest BCUT2D eigenvalue weighted by atomic mass is 16.5. The van der Waals surface area contributed by atoms with Gasteiger partial charge in [0, 0.05) is 24.7 Å². The molecule has 0 aromatic heterocycles. The zero-order valence-electron chi connectivity index (χ0n) is 11.2. The molecule has 20 heavy (non-hydrogen) atoms. The van der Waals surface area contributed by atoms with E-state index in [4.69, 9.17) is 10.5 Å². The average molecular weight is 277 g/mol. The molecule has 1 aromatic rings. The van der Waals surface area contributed by atoms with Crippen molar-refractivity contribution in [2.45, 2.75) is 12.8 Å². The van der Waals surface area contributed by atoms with Crippen LogP contribution in [0.3, 0.4) is 0 Å². The predicted molar refractivity (Wildman–Crippen MR) is 75.1 cm³/mol. The van der Waals surface area contributed by atoms with Gasteiger partial charge in [-0.15, -0.1) is 0 Å². The van der Waals surface area contributed by atoms with Gasteiger partial charge < -0.3 is 21.1 Å². The molecular formula is C14H19N3O3. The van der Waals surface area contributed by atoms with Gasteiger partial charge in [0.05, 0.1) is 12.5 Å². The number of rotatable bonds is 5. The Hall–Kier alpha value is -2.24. The monoisotopic (exact) mass is 277 g/mol. The number of nitrogens with two attached hydrogens (primary N) is 1. The number of carbonyl (C=O) groups excluding carboxylic acids is 2. The van der Waals surface area contributed by atoms with E-state index in [0.29, 0.717) is 44.0 Å². The van der Waals surface area contributed by atoms with Crippen molar-refractivity contribution in [2.24, 2.45) is 5.92 Å². The second-order valence-corrected chi connectivity index (χ2v) is 4.75. The molecule has 0 saturated carbocycles. The lowest BCUT2D eigenvalue weighted by Crippen LogP contribution is -2.43. The topological polar surface area (TPSA) is 93.4 Å². The normalized spacial score (nSPS) is 18.2. The van der Waals surface area contributed by atoms with E-state index in [1.807, 2.05) is 12.1 Å². The number of hydrogen-bond donors (Lipinski definition) is 3. The summed E-state index contributed by atoms with van der Waals surface area (Å²) >= 11 is 0. The molecule has 0 bridgehead atoms. The summed E-state index contributed by atoms with van der Waals surface area (Å²) in [6, 6.07) is 7.15. The van der Waals surface area contributed by atoms with Gasteiger partial charge in [0.2, 0.25) is 11.8 Å². The summed E-state index contributed by atoms with van der Waals surface area (Å²) in [4.78, 5) is 22.8. The molecule has 1 unspecified atom stereocenters. The first-order chi connectivity index (χ1) is 9.65. The molecule has 1 heterocycles. The number of nitrogen functional groups attached to an aromatic ring is 1. The maximum absolute atomic E-state index is 11.8. The maximum atomic E-state index is 11.8. The van der Waals surface area contributed by atoms with E-state index in [1.165, 1.54) is 0 Å². The lowest BCUT2D eigenvalue weighted by Gasteiger charge is -2.21. The Kier molecular flexibility index (Phi) is 4.81. The first-order valence-electron chi connectivity index (χ1n) is 6.68. The molecule has 0 radical (unpaired) electrons. The van der Waals surface area contributed by atoms with E-state index in [1.54, 1.807) is 12.1 Å². The van der Waals surface area contributed by atoms with Crippen LogP contribution in [-0.2, 0) is 9.59 Å². The fraction of sp³-hybridized carbons (Fsp3) is 0.429. The third-order valence-electron chi connectivity index (χ3n) is 3.16. The fourth-order valence-corrected chi connectivity index (χ4v) is 2.05. The Bertz CT molecular complexity index is 480. The Morgan fingerprint density at radius 3 is 3.05 bits per heavy atom. The maximum Gasteiger partial charge on any atom is 0.225 e. The summed E-state index contributed by atoms with van der Waals surface area (Å²) in [5, 5.41) is 5.50. The van der Waals surface area contributed by atoms with E-state index in [2.05, 4.69) is 10.6 Å². The zero-order chi connectivity index (χ0) is 14.4. The molecule has 0 spiro atoms. The molecule has 1 atom stereocenters. The molecule has 1 fully saturated rings. The van der Waals surface area contributed by atoms with E-state index in [9.17, 15) is 9.59 Å². The zero-order valence-corrected chi connectivity index (χ0v) is 11.2. The average Bonchev–Trinajstić information content (AvgIpc) is 2.44. The van der Waals surface area contributed by atoms with Crippen LogP contribution >= 0.6 is 0 Å². The number of piperidine rings is 1. The van der Waals surface area contributed by atoms with Gasteiger partial charge in [0.15, 0.2) is 0 Å². The van der Waals surface area contributed by atoms with Gasteiger partial charge >= 0.3 is 0 Å². The highest BCUT2D eigenvalue weighted by molar-refractivity contribution is 5.83. The molecule has 1 aliphatic heterocycles. The van der Waals surface area contributed by atoms with Crippen LogP contribution in [-0.4, -0.2) is 31.5 Å². The molecule has 6 heteroatoms. The van der Waals surface area contributed by atoms with Gasteiger partial charge in [-0.3, -0.25) is 9.59 Å². The smallest absolute Gasteiger partial charge is 0.225 e. The van der Waals surface area contributed by atoms with Crippen molar-refractivity contribution in [3.63, 3.8) is 0 Å². The van der Waals surface area contributed by atoms with Crippen molar-refractivity contribution in [1.29, 1.82) is 0 Å². The van der Waals surface area contributed by atoms with Gasteiger partial charge in [-0.2, -0.15) is 0 Å². The summed E-state index contributed by atoms with van der Waals surface area (Å²) in [5.41, 5.74) is 6.28. The molecule has 4 N–H and O–H groups in total.